The fourth-order valence-corrected chi connectivity index (χ4v) is 3.56. The molecule has 0 spiro atoms. The maximum Gasteiger partial charge on any atom is 0.115 e. The maximum absolute atomic E-state index is 9.59. The second-order valence-corrected chi connectivity index (χ2v) is 6.51. The summed E-state index contributed by atoms with van der Waals surface area (Å²) in [5.74, 6) is 1.97. The fourth-order valence-electron chi connectivity index (χ4n) is 3.56. The number of aromatic hydroxyl groups is 1. The highest BCUT2D eigenvalue weighted by molar-refractivity contribution is 5.34. The predicted molar refractivity (Wildman–Crippen MR) is 93.4 cm³/mol. The Kier molecular flexibility index (Phi) is 5.35. The zero-order valence-electron chi connectivity index (χ0n) is 13.4. The van der Waals surface area contributed by atoms with Crippen molar-refractivity contribution in [3.63, 3.8) is 0 Å². The van der Waals surface area contributed by atoms with Crippen molar-refractivity contribution in [3.05, 3.63) is 72.1 Å². The minimum absolute atomic E-state index is 0.210. The molecule has 0 saturated heterocycles. The highest BCUT2D eigenvalue weighted by atomic mass is 16.3. The van der Waals surface area contributed by atoms with Gasteiger partial charge in [0.1, 0.15) is 5.75 Å². The Morgan fingerprint density at radius 3 is 2.26 bits per heavy atom. The lowest BCUT2D eigenvalue weighted by Crippen LogP contribution is -2.14. The quantitative estimate of drug-likeness (QED) is 0.697. The van der Waals surface area contributed by atoms with Gasteiger partial charge in [0.15, 0.2) is 0 Å². The number of benzene rings is 2. The van der Waals surface area contributed by atoms with Gasteiger partial charge in [-0.1, -0.05) is 42.5 Å². The zero-order valence-corrected chi connectivity index (χ0v) is 13.4. The molecule has 121 valence electrons. The topological polar surface area (TPSA) is 40.5 Å². The van der Waals surface area contributed by atoms with E-state index in [0.29, 0.717) is 17.6 Å². The molecule has 2 aromatic carbocycles. The average Bonchev–Trinajstić information content (AvgIpc) is 3.41. The van der Waals surface area contributed by atoms with E-state index < -0.39 is 0 Å². The largest absolute Gasteiger partial charge is 0.508 e. The van der Waals surface area contributed by atoms with Crippen LogP contribution in [0.15, 0.2) is 54.6 Å². The SMILES string of the molecule is OCC[CH]CC(c1ccc(O)cc1)C(c1ccccc1)C1CC1. The lowest BCUT2D eigenvalue weighted by atomic mass is 9.76. The van der Waals surface area contributed by atoms with Crippen LogP contribution in [0.2, 0.25) is 0 Å². The second kappa shape index (κ2) is 7.65. The summed E-state index contributed by atoms with van der Waals surface area (Å²) in [6.45, 7) is 0.210. The van der Waals surface area contributed by atoms with E-state index in [1.54, 1.807) is 12.1 Å². The highest BCUT2D eigenvalue weighted by Crippen LogP contribution is 2.51. The van der Waals surface area contributed by atoms with Crippen molar-refractivity contribution < 1.29 is 10.2 Å². The van der Waals surface area contributed by atoms with Crippen molar-refractivity contribution >= 4 is 0 Å². The molecular formula is C21H25O2. The molecule has 0 aromatic heterocycles. The average molecular weight is 309 g/mol. The Bertz CT molecular complexity index is 587. The van der Waals surface area contributed by atoms with Gasteiger partial charge in [-0.2, -0.15) is 0 Å². The third-order valence-electron chi connectivity index (χ3n) is 4.82. The first-order valence-corrected chi connectivity index (χ1v) is 8.56. The van der Waals surface area contributed by atoms with Crippen LogP contribution in [0.3, 0.4) is 0 Å². The Labute approximate surface area is 138 Å². The first-order valence-electron chi connectivity index (χ1n) is 8.56. The molecular weight excluding hydrogens is 284 g/mol. The van der Waals surface area contributed by atoms with Crippen molar-refractivity contribution in [2.45, 2.75) is 37.5 Å². The zero-order chi connectivity index (χ0) is 16.1. The first-order chi connectivity index (χ1) is 11.3. The van der Waals surface area contributed by atoms with Gasteiger partial charge < -0.3 is 10.2 Å². The van der Waals surface area contributed by atoms with Gasteiger partial charge in [-0.25, -0.2) is 0 Å². The number of unbranched alkanes of at least 4 members (excludes halogenated alkanes) is 1. The predicted octanol–water partition coefficient (Wildman–Crippen LogP) is 4.65. The molecule has 2 atom stereocenters. The molecule has 1 aliphatic carbocycles. The van der Waals surface area contributed by atoms with Crippen molar-refractivity contribution in [2.24, 2.45) is 5.92 Å². The van der Waals surface area contributed by atoms with Crippen LogP contribution in [0.25, 0.3) is 0 Å². The molecule has 23 heavy (non-hydrogen) atoms. The third kappa shape index (κ3) is 4.14. The first kappa shape index (κ1) is 16.1. The molecule has 0 heterocycles. The molecule has 0 amide bonds. The minimum atomic E-state index is 0.210. The molecule has 2 N–H and O–H groups in total. The van der Waals surface area contributed by atoms with E-state index in [1.165, 1.54) is 24.0 Å². The summed E-state index contributed by atoms with van der Waals surface area (Å²) in [7, 11) is 0. The van der Waals surface area contributed by atoms with Crippen molar-refractivity contribution in [1.82, 2.24) is 0 Å². The monoisotopic (exact) mass is 309 g/mol. The number of hydrogen-bond acceptors (Lipinski definition) is 2. The molecule has 1 saturated carbocycles. The van der Waals surface area contributed by atoms with Crippen LogP contribution in [0.1, 0.15) is 48.6 Å². The van der Waals surface area contributed by atoms with E-state index in [2.05, 4.69) is 36.8 Å². The molecule has 3 rings (SSSR count). The molecule has 2 nitrogen and oxygen atoms in total. The van der Waals surface area contributed by atoms with Crippen LogP contribution in [0, 0.1) is 12.3 Å². The van der Waals surface area contributed by atoms with Gasteiger partial charge in [-0.15, -0.1) is 0 Å². The van der Waals surface area contributed by atoms with Gasteiger partial charge in [0, 0.05) is 6.61 Å². The third-order valence-corrected chi connectivity index (χ3v) is 4.82. The van der Waals surface area contributed by atoms with Gasteiger partial charge in [0.25, 0.3) is 0 Å². The maximum atomic E-state index is 9.59. The van der Waals surface area contributed by atoms with Crippen LogP contribution in [0.5, 0.6) is 5.75 Å². The Hall–Kier alpha value is -1.80. The van der Waals surface area contributed by atoms with Crippen LogP contribution < -0.4 is 0 Å². The summed E-state index contributed by atoms with van der Waals surface area (Å²) in [6.07, 6.45) is 6.50. The Morgan fingerprint density at radius 2 is 1.65 bits per heavy atom. The van der Waals surface area contributed by atoms with Crippen LogP contribution >= 0.6 is 0 Å². The number of aliphatic hydroxyl groups is 1. The van der Waals surface area contributed by atoms with E-state index in [-0.39, 0.29) is 6.61 Å². The number of aliphatic hydroxyl groups excluding tert-OH is 1. The summed E-state index contributed by atoms with van der Waals surface area (Å²) >= 11 is 0. The Balaban J connectivity index is 1.89. The molecule has 2 aromatic rings. The summed E-state index contributed by atoms with van der Waals surface area (Å²) in [5, 5.41) is 18.7. The van der Waals surface area contributed by atoms with E-state index >= 15 is 0 Å². The van der Waals surface area contributed by atoms with Crippen LogP contribution in [0.4, 0.5) is 0 Å². The van der Waals surface area contributed by atoms with Crippen molar-refractivity contribution in [3.8, 4) is 5.75 Å². The van der Waals surface area contributed by atoms with Crippen molar-refractivity contribution in [2.75, 3.05) is 6.61 Å². The molecule has 1 aliphatic rings. The van der Waals surface area contributed by atoms with Gasteiger partial charge in [0.2, 0.25) is 0 Å². The van der Waals surface area contributed by atoms with Gasteiger partial charge in [0.05, 0.1) is 0 Å². The van der Waals surface area contributed by atoms with Gasteiger partial charge >= 0.3 is 0 Å². The van der Waals surface area contributed by atoms with E-state index in [4.69, 9.17) is 5.11 Å². The van der Waals surface area contributed by atoms with Crippen LogP contribution in [-0.4, -0.2) is 16.8 Å². The van der Waals surface area contributed by atoms with Crippen LogP contribution in [-0.2, 0) is 0 Å². The number of rotatable bonds is 8. The molecule has 2 heteroatoms. The van der Waals surface area contributed by atoms with Gasteiger partial charge in [-0.3, -0.25) is 0 Å². The standard InChI is InChI=1S/C21H25O2/c22-15-5-4-8-20(16-11-13-19(23)14-12-16)21(18-9-10-18)17-6-2-1-3-7-17/h1-4,6-7,11-14,18,20-23H,5,8-10,15H2. The lowest BCUT2D eigenvalue weighted by Gasteiger charge is -2.28. The smallest absolute Gasteiger partial charge is 0.115 e. The Morgan fingerprint density at radius 1 is 0.957 bits per heavy atom. The lowest BCUT2D eigenvalue weighted by molar-refractivity contribution is 0.295. The fraction of sp³-hybridized carbons (Fsp3) is 0.381. The molecule has 1 fully saturated rings. The molecule has 1 radical (unpaired) electrons. The summed E-state index contributed by atoms with van der Waals surface area (Å²) in [6, 6.07) is 18.4. The number of hydrogen-bond donors (Lipinski definition) is 2. The highest BCUT2D eigenvalue weighted by Gasteiger charge is 2.37. The van der Waals surface area contributed by atoms with E-state index in [9.17, 15) is 5.11 Å². The summed E-state index contributed by atoms with van der Waals surface area (Å²) < 4.78 is 0. The minimum Gasteiger partial charge on any atom is -0.508 e. The van der Waals surface area contributed by atoms with E-state index in [0.717, 1.165) is 18.8 Å². The van der Waals surface area contributed by atoms with Crippen molar-refractivity contribution in [1.29, 1.82) is 0 Å². The molecule has 0 aliphatic heterocycles. The second-order valence-electron chi connectivity index (χ2n) is 6.51. The van der Waals surface area contributed by atoms with Gasteiger partial charge in [-0.05, 0) is 73.1 Å². The summed E-state index contributed by atoms with van der Waals surface area (Å²) in [4.78, 5) is 0. The number of phenols is 1. The number of phenolic OH excluding ortho intramolecular Hbond substituents is 1. The molecule has 0 bridgehead atoms. The molecule has 2 unspecified atom stereocenters. The van der Waals surface area contributed by atoms with E-state index in [1.807, 2.05) is 12.1 Å². The summed E-state index contributed by atoms with van der Waals surface area (Å²) in [5.41, 5.74) is 2.68. The normalized spacial score (nSPS) is 16.9.